The Balaban J connectivity index is 2.32. The number of ether oxygens (including phenoxy) is 2. The van der Waals surface area contributed by atoms with Crippen LogP contribution in [0.3, 0.4) is 0 Å². The Morgan fingerprint density at radius 2 is 2.00 bits per heavy atom. The molecular weight excluding hydrogens is 262 g/mol. The lowest BCUT2D eigenvalue weighted by molar-refractivity contribution is 0.400. The molecule has 100 valence electrons. The van der Waals surface area contributed by atoms with E-state index in [1.165, 1.54) is 18.1 Å². The summed E-state index contributed by atoms with van der Waals surface area (Å²) in [5.74, 6) is 2.12. The number of hydrogen-bond donors (Lipinski definition) is 1. The SMILES string of the molecule is CNc1ncnc(Sc2cccc(OC)c2)c1OC. The zero-order chi connectivity index (χ0) is 13.7. The van der Waals surface area contributed by atoms with E-state index in [4.69, 9.17) is 9.47 Å². The molecule has 0 saturated heterocycles. The van der Waals surface area contributed by atoms with Crippen LogP contribution in [0.5, 0.6) is 11.5 Å². The number of aromatic nitrogens is 2. The molecule has 0 spiro atoms. The number of methoxy groups -OCH3 is 2. The Labute approximate surface area is 116 Å². The fourth-order valence-electron chi connectivity index (χ4n) is 1.57. The minimum atomic E-state index is 0.637. The van der Waals surface area contributed by atoms with E-state index < -0.39 is 0 Å². The lowest BCUT2D eigenvalue weighted by atomic mass is 10.3. The van der Waals surface area contributed by atoms with Gasteiger partial charge in [-0.25, -0.2) is 9.97 Å². The maximum Gasteiger partial charge on any atom is 0.194 e. The molecule has 0 aliphatic heterocycles. The first-order chi connectivity index (χ1) is 9.28. The van der Waals surface area contributed by atoms with Gasteiger partial charge in [-0.2, -0.15) is 0 Å². The van der Waals surface area contributed by atoms with E-state index in [1.807, 2.05) is 24.3 Å². The molecular formula is C13H15N3O2S. The van der Waals surface area contributed by atoms with Gasteiger partial charge in [0.2, 0.25) is 0 Å². The molecule has 2 aromatic rings. The van der Waals surface area contributed by atoms with Crippen molar-refractivity contribution < 1.29 is 9.47 Å². The molecule has 0 radical (unpaired) electrons. The van der Waals surface area contributed by atoms with Crippen molar-refractivity contribution in [2.45, 2.75) is 9.92 Å². The van der Waals surface area contributed by atoms with E-state index in [-0.39, 0.29) is 0 Å². The molecule has 2 rings (SSSR count). The molecule has 0 saturated carbocycles. The van der Waals surface area contributed by atoms with Crippen LogP contribution in [0, 0.1) is 0 Å². The van der Waals surface area contributed by atoms with Gasteiger partial charge < -0.3 is 14.8 Å². The molecule has 19 heavy (non-hydrogen) atoms. The van der Waals surface area contributed by atoms with Gasteiger partial charge in [0.05, 0.1) is 14.2 Å². The average Bonchev–Trinajstić information content (AvgIpc) is 2.47. The van der Waals surface area contributed by atoms with Crippen LogP contribution in [0.25, 0.3) is 0 Å². The first-order valence-electron chi connectivity index (χ1n) is 5.67. The molecule has 0 aliphatic carbocycles. The molecule has 0 atom stereocenters. The molecule has 0 bridgehead atoms. The standard InChI is InChI=1S/C13H15N3O2S/c1-14-12-11(18-3)13(16-8-15-12)19-10-6-4-5-9(7-10)17-2/h4-8H,1-3H3,(H,14,15,16). The van der Waals surface area contributed by atoms with Crippen LogP contribution >= 0.6 is 11.8 Å². The molecule has 0 fully saturated rings. The van der Waals surface area contributed by atoms with Gasteiger partial charge in [0.1, 0.15) is 17.1 Å². The van der Waals surface area contributed by atoms with Crippen LogP contribution in [0.1, 0.15) is 0 Å². The van der Waals surface area contributed by atoms with Gasteiger partial charge in [-0.05, 0) is 18.2 Å². The largest absolute Gasteiger partial charge is 0.497 e. The highest BCUT2D eigenvalue weighted by molar-refractivity contribution is 7.99. The number of nitrogens with zero attached hydrogens (tertiary/aromatic N) is 2. The second kappa shape index (κ2) is 6.29. The third-order valence-electron chi connectivity index (χ3n) is 2.47. The van der Waals surface area contributed by atoms with Crippen LogP contribution in [0.15, 0.2) is 40.5 Å². The highest BCUT2D eigenvalue weighted by Crippen LogP contribution is 2.37. The summed E-state index contributed by atoms with van der Waals surface area (Å²) in [6.45, 7) is 0. The Morgan fingerprint density at radius 3 is 2.68 bits per heavy atom. The van der Waals surface area contributed by atoms with Crippen molar-refractivity contribution in [1.82, 2.24) is 9.97 Å². The smallest absolute Gasteiger partial charge is 0.194 e. The fraction of sp³-hybridized carbons (Fsp3) is 0.231. The Kier molecular flexibility index (Phi) is 4.46. The number of rotatable bonds is 5. The van der Waals surface area contributed by atoms with Crippen molar-refractivity contribution in [1.29, 1.82) is 0 Å². The first-order valence-corrected chi connectivity index (χ1v) is 6.48. The van der Waals surface area contributed by atoms with Gasteiger partial charge in [-0.3, -0.25) is 0 Å². The average molecular weight is 277 g/mol. The third kappa shape index (κ3) is 3.08. The highest BCUT2D eigenvalue weighted by Gasteiger charge is 2.12. The minimum Gasteiger partial charge on any atom is -0.497 e. The van der Waals surface area contributed by atoms with Crippen LogP contribution in [-0.4, -0.2) is 31.2 Å². The van der Waals surface area contributed by atoms with Crippen LogP contribution < -0.4 is 14.8 Å². The Morgan fingerprint density at radius 1 is 1.16 bits per heavy atom. The quantitative estimate of drug-likeness (QED) is 0.848. The molecule has 1 N–H and O–H groups in total. The Hall–Kier alpha value is -1.95. The maximum absolute atomic E-state index is 5.36. The normalized spacial score (nSPS) is 10.1. The van der Waals surface area contributed by atoms with E-state index in [9.17, 15) is 0 Å². The molecule has 1 aromatic heterocycles. The van der Waals surface area contributed by atoms with Crippen molar-refractivity contribution in [3.05, 3.63) is 30.6 Å². The second-order valence-electron chi connectivity index (χ2n) is 3.59. The summed E-state index contributed by atoms with van der Waals surface area (Å²) >= 11 is 1.50. The molecule has 0 amide bonds. The summed E-state index contributed by atoms with van der Waals surface area (Å²) in [4.78, 5) is 9.40. The van der Waals surface area contributed by atoms with Gasteiger partial charge >= 0.3 is 0 Å². The topological polar surface area (TPSA) is 56.3 Å². The minimum absolute atomic E-state index is 0.637. The summed E-state index contributed by atoms with van der Waals surface area (Å²) in [6.07, 6.45) is 1.51. The summed E-state index contributed by atoms with van der Waals surface area (Å²) in [5, 5.41) is 3.74. The van der Waals surface area contributed by atoms with Crippen molar-refractivity contribution in [2.75, 3.05) is 26.6 Å². The van der Waals surface area contributed by atoms with Crippen LogP contribution in [0.4, 0.5) is 5.82 Å². The number of nitrogens with one attached hydrogen (secondary N) is 1. The highest BCUT2D eigenvalue weighted by atomic mass is 32.2. The number of anilines is 1. The summed E-state index contributed by atoms with van der Waals surface area (Å²) in [7, 11) is 5.05. The molecule has 1 aromatic carbocycles. The molecule has 1 heterocycles. The van der Waals surface area contributed by atoms with Gasteiger partial charge in [0, 0.05) is 11.9 Å². The predicted octanol–water partition coefficient (Wildman–Crippen LogP) is 2.69. The van der Waals surface area contributed by atoms with Gasteiger partial charge in [-0.15, -0.1) is 0 Å². The van der Waals surface area contributed by atoms with Crippen molar-refractivity contribution in [3.8, 4) is 11.5 Å². The van der Waals surface area contributed by atoms with Crippen molar-refractivity contribution >= 4 is 17.6 Å². The number of benzene rings is 1. The van der Waals surface area contributed by atoms with Crippen LogP contribution in [-0.2, 0) is 0 Å². The second-order valence-corrected chi connectivity index (χ2v) is 4.65. The molecule has 5 nitrogen and oxygen atoms in total. The summed E-state index contributed by atoms with van der Waals surface area (Å²) in [5.41, 5.74) is 0. The van der Waals surface area contributed by atoms with E-state index in [0.717, 1.165) is 15.7 Å². The number of hydrogen-bond acceptors (Lipinski definition) is 6. The first kappa shape index (κ1) is 13.5. The zero-order valence-electron chi connectivity index (χ0n) is 11.0. The lowest BCUT2D eigenvalue weighted by Gasteiger charge is -2.10. The predicted molar refractivity (Wildman–Crippen MR) is 75.2 cm³/mol. The monoisotopic (exact) mass is 277 g/mol. The van der Waals surface area contributed by atoms with Crippen molar-refractivity contribution in [3.63, 3.8) is 0 Å². The van der Waals surface area contributed by atoms with E-state index >= 15 is 0 Å². The third-order valence-corrected chi connectivity index (χ3v) is 3.44. The van der Waals surface area contributed by atoms with Gasteiger partial charge in [0.25, 0.3) is 0 Å². The van der Waals surface area contributed by atoms with E-state index in [1.54, 1.807) is 21.3 Å². The van der Waals surface area contributed by atoms with E-state index in [2.05, 4.69) is 15.3 Å². The van der Waals surface area contributed by atoms with Crippen molar-refractivity contribution in [2.24, 2.45) is 0 Å². The molecule has 0 aliphatic rings. The van der Waals surface area contributed by atoms with Crippen LogP contribution in [0.2, 0.25) is 0 Å². The molecule has 0 unspecified atom stereocenters. The van der Waals surface area contributed by atoms with Gasteiger partial charge in [-0.1, -0.05) is 17.8 Å². The lowest BCUT2D eigenvalue weighted by Crippen LogP contribution is -1.99. The summed E-state index contributed by atoms with van der Waals surface area (Å²) in [6, 6.07) is 7.78. The fourth-order valence-corrected chi connectivity index (χ4v) is 2.49. The zero-order valence-corrected chi connectivity index (χ0v) is 11.8. The summed E-state index contributed by atoms with van der Waals surface area (Å²) < 4.78 is 10.6. The van der Waals surface area contributed by atoms with Gasteiger partial charge in [0.15, 0.2) is 11.6 Å². The van der Waals surface area contributed by atoms with E-state index in [0.29, 0.717) is 11.6 Å². The molecule has 6 heteroatoms. The maximum atomic E-state index is 5.36. The Bertz CT molecular complexity index is 563.